The summed E-state index contributed by atoms with van der Waals surface area (Å²) in [5.41, 5.74) is 5.18. The number of aromatic hydroxyl groups is 1. The highest BCUT2D eigenvalue weighted by molar-refractivity contribution is 7.16. The summed E-state index contributed by atoms with van der Waals surface area (Å²) in [6.07, 6.45) is 3.34. The van der Waals surface area contributed by atoms with Crippen LogP contribution in [0, 0.1) is 0 Å². The van der Waals surface area contributed by atoms with Gasteiger partial charge in [0.1, 0.15) is 5.75 Å². The van der Waals surface area contributed by atoms with Crippen molar-refractivity contribution in [3.05, 3.63) is 92.2 Å². The molecule has 0 unspecified atom stereocenters. The van der Waals surface area contributed by atoms with Crippen molar-refractivity contribution in [3.8, 4) is 16.2 Å². The monoisotopic (exact) mass is 510 g/mol. The van der Waals surface area contributed by atoms with Crippen LogP contribution in [0.5, 0.6) is 5.75 Å². The van der Waals surface area contributed by atoms with Gasteiger partial charge in [-0.25, -0.2) is 5.43 Å². The summed E-state index contributed by atoms with van der Waals surface area (Å²) in [6.45, 7) is 2.04. The van der Waals surface area contributed by atoms with Gasteiger partial charge in [0.2, 0.25) is 0 Å². The Morgan fingerprint density at radius 3 is 2.53 bits per heavy atom. The number of carbonyl (C=O) groups excluding carboxylic acids is 2. The lowest BCUT2D eigenvalue weighted by atomic mass is 10.1. The number of hydrazone groups is 1. The molecule has 0 fully saturated rings. The lowest BCUT2D eigenvalue weighted by molar-refractivity contribution is 0.0950. The van der Waals surface area contributed by atoms with Crippen molar-refractivity contribution in [1.82, 2.24) is 15.7 Å². The Hall–Kier alpha value is -3.53. The number of benzene rings is 1. The van der Waals surface area contributed by atoms with E-state index in [9.17, 15) is 14.7 Å². The van der Waals surface area contributed by atoms with Crippen LogP contribution in [0.15, 0.2) is 71.4 Å². The van der Waals surface area contributed by atoms with Crippen molar-refractivity contribution < 1.29 is 14.7 Å². The number of hydrogen-bond acceptors (Lipinski definition) is 7. The maximum atomic E-state index is 12.5. The molecule has 1 aromatic carbocycles. The van der Waals surface area contributed by atoms with Crippen molar-refractivity contribution in [2.24, 2.45) is 5.10 Å². The van der Waals surface area contributed by atoms with Gasteiger partial charge in [-0.2, -0.15) is 5.10 Å². The molecular formula is C24H19ClN4O3S2. The second-order valence-corrected chi connectivity index (χ2v) is 9.58. The largest absolute Gasteiger partial charge is 0.506 e. The van der Waals surface area contributed by atoms with E-state index in [4.69, 9.17) is 11.6 Å². The highest BCUT2D eigenvalue weighted by atomic mass is 35.5. The molecule has 3 heterocycles. The van der Waals surface area contributed by atoms with Gasteiger partial charge in [0, 0.05) is 29.3 Å². The number of hydrogen-bond donors (Lipinski definition) is 3. The van der Waals surface area contributed by atoms with Crippen LogP contribution in [-0.4, -0.2) is 27.6 Å². The topological polar surface area (TPSA) is 104 Å². The van der Waals surface area contributed by atoms with Crippen LogP contribution in [-0.2, 0) is 6.54 Å². The van der Waals surface area contributed by atoms with Gasteiger partial charge in [0.05, 0.1) is 25.9 Å². The van der Waals surface area contributed by atoms with Gasteiger partial charge in [-0.05, 0) is 48.4 Å². The van der Waals surface area contributed by atoms with Gasteiger partial charge in [-0.1, -0.05) is 29.8 Å². The average Bonchev–Trinajstić information content (AvgIpc) is 3.49. The number of aromatic nitrogens is 1. The first-order valence-electron chi connectivity index (χ1n) is 10.1. The molecule has 7 nitrogen and oxygen atoms in total. The van der Waals surface area contributed by atoms with E-state index in [1.807, 2.05) is 18.2 Å². The maximum Gasteiger partial charge on any atom is 0.281 e. The van der Waals surface area contributed by atoms with Crippen LogP contribution in [0.1, 0.15) is 37.4 Å². The smallest absolute Gasteiger partial charge is 0.281 e. The summed E-state index contributed by atoms with van der Waals surface area (Å²) < 4.78 is 0. The van der Waals surface area contributed by atoms with Crippen LogP contribution < -0.4 is 10.7 Å². The van der Waals surface area contributed by atoms with Crippen LogP contribution in [0.2, 0.25) is 5.02 Å². The van der Waals surface area contributed by atoms with Crippen LogP contribution >= 0.6 is 34.3 Å². The number of carbonyl (C=O) groups is 2. The first-order valence-corrected chi connectivity index (χ1v) is 12.2. The fourth-order valence-electron chi connectivity index (χ4n) is 3.02. The molecule has 0 aliphatic heterocycles. The van der Waals surface area contributed by atoms with Crippen molar-refractivity contribution in [2.75, 3.05) is 0 Å². The van der Waals surface area contributed by atoms with Crippen molar-refractivity contribution >= 4 is 51.8 Å². The summed E-state index contributed by atoms with van der Waals surface area (Å²) in [6, 6.07) is 14.0. The zero-order chi connectivity index (χ0) is 24.1. The Labute approximate surface area is 208 Å². The van der Waals surface area contributed by atoms with E-state index in [1.54, 1.807) is 55.0 Å². The molecule has 0 spiro atoms. The minimum Gasteiger partial charge on any atom is -0.506 e. The summed E-state index contributed by atoms with van der Waals surface area (Å²) >= 11 is 8.37. The molecule has 4 rings (SSSR count). The fourth-order valence-corrected chi connectivity index (χ4v) is 4.97. The molecular weight excluding hydrogens is 492 g/mol. The molecule has 34 heavy (non-hydrogen) atoms. The Bertz CT molecular complexity index is 1350. The molecule has 0 radical (unpaired) electrons. The zero-order valence-electron chi connectivity index (χ0n) is 17.9. The quantitative estimate of drug-likeness (QED) is 0.231. The Balaban J connectivity index is 1.39. The van der Waals surface area contributed by atoms with Crippen LogP contribution in [0.4, 0.5) is 0 Å². The summed E-state index contributed by atoms with van der Waals surface area (Å²) in [7, 11) is 0. The van der Waals surface area contributed by atoms with E-state index < -0.39 is 5.91 Å². The molecule has 4 aromatic rings. The lowest BCUT2D eigenvalue weighted by Crippen LogP contribution is -2.22. The average molecular weight is 511 g/mol. The van der Waals surface area contributed by atoms with Crippen molar-refractivity contribution in [3.63, 3.8) is 0 Å². The summed E-state index contributed by atoms with van der Waals surface area (Å²) in [5, 5.41) is 20.0. The predicted molar refractivity (Wildman–Crippen MR) is 136 cm³/mol. The molecule has 0 aliphatic rings. The normalized spacial score (nSPS) is 11.3. The minimum absolute atomic E-state index is 0.0894. The van der Waals surface area contributed by atoms with Gasteiger partial charge < -0.3 is 10.4 Å². The first-order chi connectivity index (χ1) is 16.4. The number of thiophene rings is 2. The summed E-state index contributed by atoms with van der Waals surface area (Å²) in [5.74, 6) is -0.625. The second-order valence-electron chi connectivity index (χ2n) is 7.18. The summed E-state index contributed by atoms with van der Waals surface area (Å²) in [4.78, 5) is 30.3. The number of rotatable bonds is 7. The Morgan fingerprint density at radius 1 is 1.09 bits per heavy atom. The molecule has 0 saturated heterocycles. The molecule has 3 aromatic heterocycles. The lowest BCUT2D eigenvalue weighted by Gasteiger charge is -2.03. The van der Waals surface area contributed by atoms with Gasteiger partial charge in [0.15, 0.2) is 0 Å². The first kappa shape index (κ1) is 23.6. The third-order valence-corrected chi connectivity index (χ3v) is 7.17. The van der Waals surface area contributed by atoms with Gasteiger partial charge >= 0.3 is 0 Å². The number of nitrogens with zero attached hydrogens (tertiary/aromatic N) is 2. The second kappa shape index (κ2) is 10.6. The van der Waals surface area contributed by atoms with E-state index in [0.29, 0.717) is 37.5 Å². The molecule has 0 bridgehead atoms. The Morgan fingerprint density at radius 2 is 1.82 bits per heavy atom. The molecule has 0 aliphatic carbocycles. The van der Waals surface area contributed by atoms with E-state index in [-0.39, 0.29) is 11.7 Å². The van der Waals surface area contributed by atoms with Gasteiger partial charge in [-0.3, -0.25) is 14.6 Å². The zero-order valence-corrected chi connectivity index (χ0v) is 20.3. The minimum atomic E-state index is -0.441. The maximum absolute atomic E-state index is 12.5. The molecule has 0 saturated carbocycles. The highest BCUT2D eigenvalue weighted by Crippen LogP contribution is 2.39. The van der Waals surface area contributed by atoms with Gasteiger partial charge in [0.25, 0.3) is 11.8 Å². The predicted octanol–water partition coefficient (Wildman–Crippen LogP) is 5.31. The van der Waals surface area contributed by atoms with E-state index >= 15 is 0 Å². The van der Waals surface area contributed by atoms with E-state index in [1.165, 1.54) is 11.3 Å². The Kier molecular flexibility index (Phi) is 7.36. The van der Waals surface area contributed by atoms with E-state index in [0.717, 1.165) is 22.5 Å². The van der Waals surface area contributed by atoms with Crippen LogP contribution in [0.25, 0.3) is 10.4 Å². The van der Waals surface area contributed by atoms with Crippen molar-refractivity contribution in [2.45, 2.75) is 13.5 Å². The third-order valence-electron chi connectivity index (χ3n) is 4.82. The molecule has 0 atom stereocenters. The van der Waals surface area contributed by atoms with Crippen LogP contribution in [0.3, 0.4) is 0 Å². The molecule has 172 valence electrons. The number of halogens is 1. The fraction of sp³-hybridized carbons (Fsp3) is 0.0833. The third kappa shape index (κ3) is 5.51. The van der Waals surface area contributed by atoms with Gasteiger partial charge in [-0.15, -0.1) is 22.7 Å². The molecule has 3 N–H and O–H groups in total. The van der Waals surface area contributed by atoms with Crippen molar-refractivity contribution in [1.29, 1.82) is 0 Å². The highest BCUT2D eigenvalue weighted by Gasteiger charge is 2.16. The SMILES string of the molecule is C/C(=N\NC(=O)c1ccc(C(=O)NCc2cccnc2)s1)c1csc(-c2ccc(Cl)cc2)c1O. The van der Waals surface area contributed by atoms with E-state index in [2.05, 4.69) is 20.8 Å². The standard InChI is InChI=1S/C24H19ClN4O3S2/c1-14(18-13-33-22(21(18)30)16-4-6-17(25)7-5-16)28-29-24(32)20-9-8-19(34-20)23(31)27-12-15-3-2-10-26-11-15/h2-11,13,30H,12H2,1H3,(H,27,31)(H,29,32)/b28-14+. The number of nitrogens with one attached hydrogen (secondary N) is 2. The number of amides is 2. The molecule has 10 heteroatoms. The molecule has 2 amide bonds. The number of pyridine rings is 1.